The second-order valence-electron chi connectivity index (χ2n) is 7.95. The Kier molecular flexibility index (Phi) is 7.59. The Morgan fingerprint density at radius 2 is 1.56 bits per heavy atom. The lowest BCUT2D eigenvalue weighted by atomic mass is 10.1. The van der Waals surface area contributed by atoms with Crippen LogP contribution in [0.5, 0.6) is 0 Å². The summed E-state index contributed by atoms with van der Waals surface area (Å²) in [5, 5.41) is 14.3. The molecule has 0 bridgehead atoms. The van der Waals surface area contributed by atoms with Gasteiger partial charge in [-0.25, -0.2) is 0 Å². The smallest absolute Gasteiger partial charge is 0.117 e. The second kappa shape index (κ2) is 10.8. The maximum absolute atomic E-state index is 6.18. The van der Waals surface area contributed by atoms with Crippen LogP contribution in [-0.4, -0.2) is 21.0 Å². The molecule has 0 aliphatic heterocycles. The predicted octanol–water partition coefficient (Wildman–Crippen LogP) is 6.41. The molecule has 4 rings (SSSR count). The minimum absolute atomic E-state index is 0.360. The van der Waals surface area contributed by atoms with Crippen molar-refractivity contribution in [1.29, 1.82) is 0 Å². The van der Waals surface area contributed by atoms with Crippen molar-refractivity contribution in [2.24, 2.45) is 0 Å². The Labute approximate surface area is 199 Å². The van der Waals surface area contributed by atoms with Gasteiger partial charge < -0.3 is 5.32 Å². The SMILES string of the molecule is C[C@H](CCc1ccccc1)NCc1nn(Cc2ccc(Cl)c(Cl)c2)nc1-c1ccccc1. The van der Waals surface area contributed by atoms with E-state index in [0.29, 0.717) is 29.2 Å². The van der Waals surface area contributed by atoms with Crippen molar-refractivity contribution in [3.63, 3.8) is 0 Å². The molecule has 0 saturated carbocycles. The van der Waals surface area contributed by atoms with E-state index in [0.717, 1.165) is 35.4 Å². The summed E-state index contributed by atoms with van der Waals surface area (Å²) in [4.78, 5) is 1.73. The van der Waals surface area contributed by atoms with Gasteiger partial charge >= 0.3 is 0 Å². The fourth-order valence-electron chi connectivity index (χ4n) is 3.59. The Morgan fingerprint density at radius 3 is 2.28 bits per heavy atom. The molecule has 0 saturated heterocycles. The largest absolute Gasteiger partial charge is 0.309 e. The molecule has 1 heterocycles. The van der Waals surface area contributed by atoms with E-state index in [4.69, 9.17) is 33.4 Å². The number of halogens is 2. The number of aromatic nitrogens is 3. The number of benzene rings is 3. The highest BCUT2D eigenvalue weighted by Crippen LogP contribution is 2.24. The minimum Gasteiger partial charge on any atom is -0.309 e. The first kappa shape index (κ1) is 22.5. The maximum Gasteiger partial charge on any atom is 0.117 e. The van der Waals surface area contributed by atoms with Crippen molar-refractivity contribution in [1.82, 2.24) is 20.3 Å². The van der Waals surface area contributed by atoms with Gasteiger partial charge in [-0.1, -0.05) is 89.9 Å². The Bertz CT molecular complexity index is 1140. The summed E-state index contributed by atoms with van der Waals surface area (Å²) in [5.41, 5.74) is 5.25. The molecule has 0 aliphatic rings. The normalized spacial score (nSPS) is 12.1. The van der Waals surface area contributed by atoms with Crippen LogP contribution in [0, 0.1) is 0 Å². The van der Waals surface area contributed by atoms with Crippen molar-refractivity contribution in [3.05, 3.63) is 106 Å². The fourth-order valence-corrected chi connectivity index (χ4v) is 3.92. The van der Waals surface area contributed by atoms with Crippen LogP contribution in [0.3, 0.4) is 0 Å². The van der Waals surface area contributed by atoms with E-state index in [1.54, 1.807) is 10.9 Å². The van der Waals surface area contributed by atoms with E-state index in [1.165, 1.54) is 5.56 Å². The van der Waals surface area contributed by atoms with Gasteiger partial charge in [0.2, 0.25) is 0 Å². The molecule has 164 valence electrons. The van der Waals surface area contributed by atoms with Crippen molar-refractivity contribution >= 4 is 23.2 Å². The van der Waals surface area contributed by atoms with E-state index in [-0.39, 0.29) is 0 Å². The monoisotopic (exact) mass is 464 g/mol. The zero-order valence-corrected chi connectivity index (χ0v) is 19.5. The van der Waals surface area contributed by atoms with Crippen molar-refractivity contribution < 1.29 is 0 Å². The van der Waals surface area contributed by atoms with E-state index < -0.39 is 0 Å². The molecule has 1 N–H and O–H groups in total. The highest BCUT2D eigenvalue weighted by atomic mass is 35.5. The van der Waals surface area contributed by atoms with Gasteiger partial charge in [0.15, 0.2) is 0 Å². The molecule has 32 heavy (non-hydrogen) atoms. The van der Waals surface area contributed by atoms with Crippen LogP contribution in [-0.2, 0) is 19.5 Å². The van der Waals surface area contributed by atoms with Gasteiger partial charge in [-0.05, 0) is 43.0 Å². The van der Waals surface area contributed by atoms with Gasteiger partial charge in [0.25, 0.3) is 0 Å². The lowest BCUT2D eigenvalue weighted by molar-refractivity contribution is 0.503. The summed E-state index contributed by atoms with van der Waals surface area (Å²) in [6.07, 6.45) is 2.10. The maximum atomic E-state index is 6.18. The molecule has 1 atom stereocenters. The Morgan fingerprint density at radius 1 is 0.844 bits per heavy atom. The molecular weight excluding hydrogens is 439 g/mol. The van der Waals surface area contributed by atoms with Gasteiger partial charge in [-0.15, -0.1) is 0 Å². The first-order valence-corrected chi connectivity index (χ1v) is 11.5. The molecule has 0 spiro atoms. The zero-order chi connectivity index (χ0) is 22.3. The van der Waals surface area contributed by atoms with E-state index in [1.807, 2.05) is 30.3 Å². The Balaban J connectivity index is 1.47. The number of nitrogens with zero attached hydrogens (tertiary/aromatic N) is 3. The molecule has 6 heteroatoms. The van der Waals surface area contributed by atoms with Gasteiger partial charge in [0.05, 0.1) is 16.6 Å². The van der Waals surface area contributed by atoms with Crippen LogP contribution >= 0.6 is 23.2 Å². The van der Waals surface area contributed by atoms with Gasteiger partial charge in [-0.3, -0.25) is 0 Å². The van der Waals surface area contributed by atoms with E-state index >= 15 is 0 Å². The minimum atomic E-state index is 0.360. The van der Waals surface area contributed by atoms with E-state index in [9.17, 15) is 0 Å². The first-order valence-electron chi connectivity index (χ1n) is 10.8. The topological polar surface area (TPSA) is 42.7 Å². The molecule has 0 amide bonds. The highest BCUT2D eigenvalue weighted by molar-refractivity contribution is 6.42. The number of rotatable bonds is 9. The summed E-state index contributed by atoms with van der Waals surface area (Å²) in [6, 6.07) is 26.7. The molecular formula is C26H26Cl2N4. The van der Waals surface area contributed by atoms with Gasteiger partial charge in [-0.2, -0.15) is 15.0 Å². The van der Waals surface area contributed by atoms with Crippen LogP contribution in [0.15, 0.2) is 78.9 Å². The van der Waals surface area contributed by atoms with Crippen molar-refractivity contribution in [2.45, 2.75) is 38.9 Å². The molecule has 4 nitrogen and oxygen atoms in total. The summed E-state index contributed by atoms with van der Waals surface area (Å²) in [7, 11) is 0. The molecule has 0 unspecified atom stereocenters. The quantitative estimate of drug-likeness (QED) is 0.311. The average molecular weight is 465 g/mol. The number of hydrogen-bond acceptors (Lipinski definition) is 3. The van der Waals surface area contributed by atoms with Crippen LogP contribution < -0.4 is 5.32 Å². The van der Waals surface area contributed by atoms with Gasteiger partial charge in [0.1, 0.15) is 11.4 Å². The standard InChI is InChI=1S/C26H26Cl2N4/c1-19(12-13-20-8-4-2-5-9-20)29-17-25-26(22-10-6-3-7-11-22)31-32(30-25)18-21-14-15-23(27)24(28)16-21/h2-11,14-16,19,29H,12-13,17-18H2,1H3/t19-/m1/s1. The Hall–Kier alpha value is -2.66. The van der Waals surface area contributed by atoms with Crippen molar-refractivity contribution in [2.75, 3.05) is 0 Å². The molecule has 0 fully saturated rings. The summed E-state index contributed by atoms with van der Waals surface area (Å²) >= 11 is 12.2. The second-order valence-corrected chi connectivity index (χ2v) is 8.76. The molecule has 0 radical (unpaired) electrons. The molecule has 4 aromatic rings. The van der Waals surface area contributed by atoms with Crippen LogP contribution in [0.25, 0.3) is 11.3 Å². The van der Waals surface area contributed by atoms with Crippen LogP contribution in [0.4, 0.5) is 0 Å². The summed E-state index contributed by atoms with van der Waals surface area (Å²) < 4.78 is 0. The molecule has 3 aromatic carbocycles. The summed E-state index contributed by atoms with van der Waals surface area (Å²) in [5.74, 6) is 0. The fraction of sp³-hybridized carbons (Fsp3) is 0.231. The summed E-state index contributed by atoms with van der Waals surface area (Å²) in [6.45, 7) is 3.40. The number of nitrogens with one attached hydrogen (secondary N) is 1. The average Bonchev–Trinajstić information content (AvgIpc) is 3.22. The number of aryl methyl sites for hydroxylation is 1. The lowest BCUT2D eigenvalue weighted by Crippen LogP contribution is -2.26. The third-order valence-electron chi connectivity index (χ3n) is 5.41. The van der Waals surface area contributed by atoms with Crippen molar-refractivity contribution in [3.8, 4) is 11.3 Å². The first-order chi connectivity index (χ1) is 15.6. The van der Waals surface area contributed by atoms with Crippen LogP contribution in [0.1, 0.15) is 30.2 Å². The third kappa shape index (κ3) is 5.98. The highest BCUT2D eigenvalue weighted by Gasteiger charge is 2.15. The lowest BCUT2D eigenvalue weighted by Gasteiger charge is -2.13. The number of hydrogen-bond donors (Lipinski definition) is 1. The molecule has 1 aromatic heterocycles. The third-order valence-corrected chi connectivity index (χ3v) is 6.15. The predicted molar refractivity (Wildman–Crippen MR) is 132 cm³/mol. The van der Waals surface area contributed by atoms with Crippen LogP contribution in [0.2, 0.25) is 10.0 Å². The molecule has 0 aliphatic carbocycles. The van der Waals surface area contributed by atoms with Gasteiger partial charge in [0, 0.05) is 18.2 Å². The van der Waals surface area contributed by atoms with E-state index in [2.05, 4.69) is 54.7 Å². The zero-order valence-electron chi connectivity index (χ0n) is 18.0.